The summed E-state index contributed by atoms with van der Waals surface area (Å²) in [5.74, 6) is -0.177. The van der Waals surface area contributed by atoms with Crippen LogP contribution < -0.4 is 5.32 Å². The van der Waals surface area contributed by atoms with E-state index in [-0.39, 0.29) is 22.9 Å². The predicted octanol–water partition coefficient (Wildman–Crippen LogP) is 0.706. The van der Waals surface area contributed by atoms with E-state index in [9.17, 15) is 21.6 Å². The smallest absolute Gasteiger partial charge is 0.312 e. The molecule has 0 atom stereocenters. The molecule has 9 heteroatoms. The van der Waals surface area contributed by atoms with Gasteiger partial charge >= 0.3 is 6.18 Å². The molecule has 0 saturated heterocycles. The SMILES string of the molecule is Cn1nc(C(F)(F)F)c2c1S(=O)(=O)CCCNC2. The fourth-order valence-electron chi connectivity index (χ4n) is 2.03. The van der Waals surface area contributed by atoms with E-state index in [1.54, 1.807) is 0 Å². The van der Waals surface area contributed by atoms with E-state index in [2.05, 4.69) is 10.4 Å². The minimum absolute atomic E-state index is 0.142. The molecule has 0 aromatic carbocycles. The summed E-state index contributed by atoms with van der Waals surface area (Å²) in [6, 6.07) is 0. The highest BCUT2D eigenvalue weighted by atomic mass is 32.2. The Kier molecular flexibility index (Phi) is 3.14. The Labute approximate surface area is 102 Å². The van der Waals surface area contributed by atoms with Gasteiger partial charge in [-0.3, -0.25) is 4.68 Å². The maximum Gasteiger partial charge on any atom is 0.435 e. The molecule has 1 aromatic heterocycles. The van der Waals surface area contributed by atoms with Crippen LogP contribution in [0.2, 0.25) is 0 Å². The predicted molar refractivity (Wildman–Crippen MR) is 56.6 cm³/mol. The molecular weight excluding hydrogens is 271 g/mol. The lowest BCUT2D eigenvalue weighted by Gasteiger charge is -2.13. The van der Waals surface area contributed by atoms with Crippen LogP contribution in [0, 0.1) is 0 Å². The van der Waals surface area contributed by atoms with Crippen molar-refractivity contribution >= 4 is 9.84 Å². The van der Waals surface area contributed by atoms with Gasteiger partial charge in [0.15, 0.2) is 20.6 Å². The Balaban J connectivity index is 2.68. The molecule has 18 heavy (non-hydrogen) atoms. The molecule has 1 aliphatic rings. The molecule has 1 aromatic rings. The minimum Gasteiger partial charge on any atom is -0.312 e. The van der Waals surface area contributed by atoms with Gasteiger partial charge < -0.3 is 5.32 Å². The van der Waals surface area contributed by atoms with Gasteiger partial charge in [-0.25, -0.2) is 8.42 Å². The van der Waals surface area contributed by atoms with Crippen LogP contribution in [0.15, 0.2) is 5.03 Å². The quantitative estimate of drug-likeness (QED) is 0.761. The maximum atomic E-state index is 12.8. The van der Waals surface area contributed by atoms with Gasteiger partial charge in [-0.1, -0.05) is 0 Å². The van der Waals surface area contributed by atoms with Gasteiger partial charge in [0.1, 0.15) is 0 Å². The number of fused-ring (bicyclic) bond motifs is 1. The summed E-state index contributed by atoms with van der Waals surface area (Å²) in [5.41, 5.74) is -1.41. The topological polar surface area (TPSA) is 64.0 Å². The number of nitrogens with zero attached hydrogens (tertiary/aromatic N) is 2. The van der Waals surface area contributed by atoms with Crippen molar-refractivity contribution in [1.29, 1.82) is 0 Å². The molecule has 2 heterocycles. The molecule has 0 unspecified atom stereocenters. The number of aryl methyl sites for hydroxylation is 1. The first kappa shape index (κ1) is 13.3. The monoisotopic (exact) mass is 283 g/mol. The number of halogens is 3. The fourth-order valence-corrected chi connectivity index (χ4v) is 3.73. The zero-order valence-corrected chi connectivity index (χ0v) is 10.4. The summed E-state index contributed by atoms with van der Waals surface area (Å²) in [5, 5.41) is 5.77. The van der Waals surface area contributed by atoms with Crippen LogP contribution in [0.1, 0.15) is 17.7 Å². The maximum absolute atomic E-state index is 12.8. The summed E-state index contributed by atoms with van der Waals surface area (Å²) in [6.07, 6.45) is -4.28. The zero-order chi connectivity index (χ0) is 13.6. The molecule has 102 valence electrons. The van der Waals surface area contributed by atoms with Crippen LogP contribution in [0.25, 0.3) is 0 Å². The molecule has 0 saturated carbocycles. The molecular formula is C9H12F3N3O2S. The van der Waals surface area contributed by atoms with Gasteiger partial charge in [0.25, 0.3) is 0 Å². The molecule has 0 spiro atoms. The number of alkyl halides is 3. The highest BCUT2D eigenvalue weighted by molar-refractivity contribution is 7.91. The Morgan fingerprint density at radius 1 is 1.39 bits per heavy atom. The van der Waals surface area contributed by atoms with Crippen molar-refractivity contribution < 1.29 is 21.6 Å². The standard InChI is InChI=1S/C9H12F3N3O2S/c1-15-8-6(7(14-15)9(10,11)12)5-13-3-2-4-18(8,16)17/h13H,2-5H2,1H3. The first-order valence-electron chi connectivity index (χ1n) is 5.30. The highest BCUT2D eigenvalue weighted by Gasteiger charge is 2.41. The summed E-state index contributed by atoms with van der Waals surface area (Å²) in [4.78, 5) is 0. The lowest BCUT2D eigenvalue weighted by atomic mass is 10.2. The molecule has 0 radical (unpaired) electrons. The van der Waals surface area contributed by atoms with Crippen LogP contribution >= 0.6 is 0 Å². The van der Waals surface area contributed by atoms with Crippen LogP contribution in [0.4, 0.5) is 13.2 Å². The third-order valence-electron chi connectivity index (χ3n) is 2.72. The van der Waals surface area contributed by atoms with Crippen LogP contribution in [-0.2, 0) is 29.6 Å². The molecule has 2 rings (SSSR count). The normalized spacial score (nSPS) is 20.0. The summed E-state index contributed by atoms with van der Waals surface area (Å²) in [7, 11) is -2.50. The molecule has 0 aliphatic carbocycles. The second-order valence-electron chi connectivity index (χ2n) is 4.10. The van der Waals surface area contributed by atoms with Crippen molar-refractivity contribution in [1.82, 2.24) is 15.1 Å². The number of nitrogens with one attached hydrogen (secondary N) is 1. The summed E-state index contributed by atoms with van der Waals surface area (Å²) < 4.78 is 63.0. The molecule has 1 aliphatic heterocycles. The van der Waals surface area contributed by atoms with Crippen molar-refractivity contribution in [3.05, 3.63) is 11.3 Å². The molecule has 0 fully saturated rings. The first-order chi connectivity index (χ1) is 8.23. The second-order valence-corrected chi connectivity index (χ2v) is 6.13. The van der Waals surface area contributed by atoms with Gasteiger partial charge in [0.2, 0.25) is 0 Å². The average molecular weight is 283 g/mol. The van der Waals surface area contributed by atoms with Gasteiger partial charge in [0, 0.05) is 19.2 Å². The largest absolute Gasteiger partial charge is 0.435 e. The third-order valence-corrected chi connectivity index (χ3v) is 4.65. The lowest BCUT2D eigenvalue weighted by Crippen LogP contribution is -2.25. The Morgan fingerprint density at radius 3 is 2.67 bits per heavy atom. The summed E-state index contributed by atoms with van der Waals surface area (Å²) in [6.45, 7) is 0.224. The summed E-state index contributed by atoms with van der Waals surface area (Å²) >= 11 is 0. The van der Waals surface area contributed by atoms with Crippen molar-refractivity contribution in [2.24, 2.45) is 7.05 Å². The molecule has 0 bridgehead atoms. The average Bonchev–Trinajstić information content (AvgIpc) is 2.52. The Hall–Kier alpha value is -1.09. The molecule has 1 N–H and O–H groups in total. The number of aromatic nitrogens is 2. The van der Waals surface area contributed by atoms with E-state index in [0.29, 0.717) is 13.0 Å². The van der Waals surface area contributed by atoms with Crippen molar-refractivity contribution in [2.75, 3.05) is 12.3 Å². The number of rotatable bonds is 0. The number of hydrogen-bond acceptors (Lipinski definition) is 4. The van der Waals surface area contributed by atoms with Crippen LogP contribution in [0.5, 0.6) is 0 Å². The number of hydrogen-bond donors (Lipinski definition) is 1. The lowest BCUT2D eigenvalue weighted by molar-refractivity contribution is -0.142. The van der Waals surface area contributed by atoms with E-state index in [1.165, 1.54) is 7.05 Å². The van der Waals surface area contributed by atoms with E-state index in [0.717, 1.165) is 4.68 Å². The van der Waals surface area contributed by atoms with Gasteiger partial charge in [-0.15, -0.1) is 0 Å². The zero-order valence-electron chi connectivity index (χ0n) is 9.58. The second kappa shape index (κ2) is 4.23. The molecule has 0 amide bonds. The minimum atomic E-state index is -4.65. The highest BCUT2D eigenvalue weighted by Crippen LogP contribution is 2.34. The van der Waals surface area contributed by atoms with Gasteiger partial charge in [0.05, 0.1) is 5.75 Å². The fraction of sp³-hybridized carbons (Fsp3) is 0.667. The van der Waals surface area contributed by atoms with E-state index < -0.39 is 21.7 Å². The third kappa shape index (κ3) is 2.24. The van der Waals surface area contributed by atoms with Crippen molar-refractivity contribution in [2.45, 2.75) is 24.2 Å². The first-order valence-corrected chi connectivity index (χ1v) is 6.95. The Morgan fingerprint density at radius 2 is 2.06 bits per heavy atom. The van der Waals surface area contributed by atoms with Crippen molar-refractivity contribution in [3.8, 4) is 0 Å². The van der Waals surface area contributed by atoms with E-state index >= 15 is 0 Å². The van der Waals surface area contributed by atoms with E-state index in [4.69, 9.17) is 0 Å². The number of sulfone groups is 1. The Bertz CT molecular complexity index is 562. The molecule has 5 nitrogen and oxygen atoms in total. The van der Waals surface area contributed by atoms with Gasteiger partial charge in [-0.05, 0) is 13.0 Å². The van der Waals surface area contributed by atoms with Gasteiger partial charge in [-0.2, -0.15) is 18.3 Å². The van der Waals surface area contributed by atoms with Crippen LogP contribution in [0.3, 0.4) is 0 Å². The van der Waals surface area contributed by atoms with Crippen molar-refractivity contribution in [3.63, 3.8) is 0 Å². The van der Waals surface area contributed by atoms with Crippen LogP contribution in [-0.4, -0.2) is 30.5 Å². The van der Waals surface area contributed by atoms with E-state index in [1.807, 2.05) is 0 Å².